The molecule has 0 aliphatic heterocycles. The molecule has 0 saturated heterocycles. The number of hydrogen-bond donors (Lipinski definition) is 0. The van der Waals surface area contributed by atoms with Crippen LogP contribution in [0.3, 0.4) is 0 Å². The van der Waals surface area contributed by atoms with Crippen molar-refractivity contribution in [1.29, 1.82) is 0 Å². The van der Waals surface area contributed by atoms with Gasteiger partial charge in [0.1, 0.15) is 0 Å². The molecule has 0 aliphatic rings. The molecule has 1 aromatic carbocycles. The van der Waals surface area contributed by atoms with Crippen LogP contribution in [-0.2, 0) is 0 Å². The summed E-state index contributed by atoms with van der Waals surface area (Å²) in [6, 6.07) is 3.26. The van der Waals surface area contributed by atoms with Gasteiger partial charge in [-0.15, -0.1) is 19.8 Å². The number of ether oxygens (including phenoxy) is 1. The molecular formula is C11H9F4O. The van der Waals surface area contributed by atoms with Gasteiger partial charge in [-0.3, -0.25) is 0 Å². The van der Waals surface area contributed by atoms with Gasteiger partial charge >= 0.3 is 6.36 Å². The predicted octanol–water partition coefficient (Wildman–Crippen LogP) is 3.85. The minimum Gasteiger partial charge on any atom is -0.403 e. The summed E-state index contributed by atoms with van der Waals surface area (Å²) in [5.41, 5.74) is 0.427. The first kappa shape index (κ1) is 12.5. The highest BCUT2D eigenvalue weighted by Crippen LogP contribution is 2.28. The van der Waals surface area contributed by atoms with Crippen LogP contribution >= 0.6 is 0 Å². The summed E-state index contributed by atoms with van der Waals surface area (Å²) in [4.78, 5) is 0. The Morgan fingerprint density at radius 1 is 1.38 bits per heavy atom. The van der Waals surface area contributed by atoms with E-state index in [0.29, 0.717) is 11.5 Å². The zero-order valence-corrected chi connectivity index (χ0v) is 8.44. The fourth-order valence-electron chi connectivity index (χ4n) is 1.07. The first-order valence-corrected chi connectivity index (χ1v) is 4.35. The average molecular weight is 233 g/mol. The maximum Gasteiger partial charge on any atom is 0.573 e. The Kier molecular flexibility index (Phi) is 3.57. The number of benzene rings is 1. The molecule has 1 nitrogen and oxygen atoms in total. The zero-order chi connectivity index (χ0) is 12.3. The Morgan fingerprint density at radius 2 is 2.00 bits per heavy atom. The molecule has 0 aliphatic carbocycles. The van der Waals surface area contributed by atoms with Crippen molar-refractivity contribution in [2.24, 2.45) is 0 Å². The number of alkyl halides is 3. The molecule has 0 aromatic heterocycles. The molecular weight excluding hydrogens is 224 g/mol. The van der Waals surface area contributed by atoms with Gasteiger partial charge in [0.05, 0.1) is 0 Å². The van der Waals surface area contributed by atoms with Crippen molar-refractivity contribution in [3.05, 3.63) is 48.2 Å². The second-order valence-electron chi connectivity index (χ2n) is 3.08. The van der Waals surface area contributed by atoms with Crippen LogP contribution in [0.4, 0.5) is 17.6 Å². The summed E-state index contributed by atoms with van der Waals surface area (Å²) >= 11 is 0. The van der Waals surface area contributed by atoms with Gasteiger partial charge in [0.25, 0.3) is 0 Å². The topological polar surface area (TPSA) is 9.23 Å². The lowest BCUT2D eigenvalue weighted by Crippen LogP contribution is -2.18. The maximum atomic E-state index is 13.0. The summed E-state index contributed by atoms with van der Waals surface area (Å²) in [6.07, 6.45) is -3.44. The number of rotatable bonds is 3. The molecule has 0 amide bonds. The highest BCUT2D eigenvalue weighted by Gasteiger charge is 2.32. The van der Waals surface area contributed by atoms with Gasteiger partial charge in [-0.05, 0) is 17.7 Å². The van der Waals surface area contributed by atoms with Crippen LogP contribution in [-0.4, -0.2) is 6.36 Å². The van der Waals surface area contributed by atoms with Crippen LogP contribution in [0.15, 0.2) is 30.9 Å². The first-order chi connectivity index (χ1) is 7.33. The van der Waals surface area contributed by atoms with E-state index in [-0.39, 0.29) is 0 Å². The predicted molar refractivity (Wildman–Crippen MR) is 51.3 cm³/mol. The molecule has 87 valence electrons. The van der Waals surface area contributed by atoms with Gasteiger partial charge in [0.15, 0.2) is 11.6 Å². The van der Waals surface area contributed by atoms with Crippen molar-refractivity contribution in [2.75, 3.05) is 0 Å². The SMILES string of the molecule is C=C[C](C)c1ccc(F)c(OC(F)(F)F)c1. The molecule has 0 saturated carbocycles. The molecule has 5 heteroatoms. The van der Waals surface area contributed by atoms with E-state index in [9.17, 15) is 17.6 Å². The van der Waals surface area contributed by atoms with Crippen LogP contribution in [0.25, 0.3) is 0 Å². The van der Waals surface area contributed by atoms with E-state index in [1.807, 2.05) is 0 Å². The van der Waals surface area contributed by atoms with Crippen molar-refractivity contribution < 1.29 is 22.3 Å². The fourth-order valence-corrected chi connectivity index (χ4v) is 1.07. The summed E-state index contributed by atoms with van der Waals surface area (Å²) in [5.74, 6) is -1.27. The van der Waals surface area contributed by atoms with E-state index in [0.717, 1.165) is 12.1 Å². The van der Waals surface area contributed by atoms with E-state index < -0.39 is 17.9 Å². The first-order valence-electron chi connectivity index (χ1n) is 4.35. The largest absolute Gasteiger partial charge is 0.573 e. The third-order valence-corrected chi connectivity index (χ3v) is 1.92. The van der Waals surface area contributed by atoms with Crippen LogP contribution in [0.2, 0.25) is 0 Å². The molecule has 0 heterocycles. The number of halogens is 4. The van der Waals surface area contributed by atoms with Gasteiger partial charge in [0, 0.05) is 5.92 Å². The summed E-state index contributed by atoms with van der Waals surface area (Å²) in [6.45, 7) is 5.12. The van der Waals surface area contributed by atoms with Crippen molar-refractivity contribution in [3.8, 4) is 5.75 Å². The van der Waals surface area contributed by atoms with Crippen molar-refractivity contribution in [1.82, 2.24) is 0 Å². The minimum absolute atomic E-state index is 0.427. The lowest BCUT2D eigenvalue weighted by molar-refractivity contribution is -0.275. The van der Waals surface area contributed by atoms with E-state index >= 15 is 0 Å². The van der Waals surface area contributed by atoms with Crippen LogP contribution in [0.1, 0.15) is 12.5 Å². The molecule has 16 heavy (non-hydrogen) atoms. The zero-order valence-electron chi connectivity index (χ0n) is 8.44. The molecule has 0 fully saturated rings. The van der Waals surface area contributed by atoms with Crippen LogP contribution < -0.4 is 4.74 Å². The van der Waals surface area contributed by atoms with Gasteiger partial charge in [-0.2, -0.15) is 0 Å². The Hall–Kier alpha value is -1.52. The normalized spacial score (nSPS) is 11.6. The van der Waals surface area contributed by atoms with Gasteiger partial charge in [-0.1, -0.05) is 19.1 Å². The Bertz CT molecular complexity index is 384. The third-order valence-electron chi connectivity index (χ3n) is 1.92. The molecule has 0 unspecified atom stereocenters. The van der Waals surface area contributed by atoms with E-state index in [4.69, 9.17) is 0 Å². The van der Waals surface area contributed by atoms with Crippen molar-refractivity contribution >= 4 is 0 Å². The highest BCUT2D eigenvalue weighted by molar-refractivity contribution is 5.41. The molecule has 1 rings (SSSR count). The molecule has 0 bridgehead atoms. The lowest BCUT2D eigenvalue weighted by Gasteiger charge is -2.12. The number of allylic oxidation sites excluding steroid dienone is 1. The second-order valence-corrected chi connectivity index (χ2v) is 3.08. The molecule has 1 aromatic rings. The van der Waals surface area contributed by atoms with Gasteiger partial charge in [0.2, 0.25) is 0 Å². The average Bonchev–Trinajstić information content (AvgIpc) is 2.18. The van der Waals surface area contributed by atoms with E-state index in [1.165, 1.54) is 12.1 Å². The summed E-state index contributed by atoms with van der Waals surface area (Å²) < 4.78 is 52.3. The summed E-state index contributed by atoms with van der Waals surface area (Å²) in [7, 11) is 0. The minimum atomic E-state index is -4.90. The van der Waals surface area contributed by atoms with E-state index in [1.54, 1.807) is 6.92 Å². The standard InChI is InChI=1S/C11H9F4O/c1-3-7(2)8-4-5-9(12)10(6-8)16-11(13,14)15/h3-6H,1H2,2H3. The third kappa shape index (κ3) is 3.25. The quantitative estimate of drug-likeness (QED) is 0.720. The molecule has 0 atom stereocenters. The smallest absolute Gasteiger partial charge is 0.403 e. The lowest BCUT2D eigenvalue weighted by atomic mass is 10.0. The van der Waals surface area contributed by atoms with Crippen molar-refractivity contribution in [3.63, 3.8) is 0 Å². The van der Waals surface area contributed by atoms with Crippen molar-refractivity contribution in [2.45, 2.75) is 13.3 Å². The van der Waals surface area contributed by atoms with Gasteiger partial charge < -0.3 is 4.74 Å². The van der Waals surface area contributed by atoms with Crippen LogP contribution in [0, 0.1) is 11.7 Å². The van der Waals surface area contributed by atoms with Gasteiger partial charge in [-0.25, -0.2) is 4.39 Å². The Labute approximate surface area is 90.3 Å². The fraction of sp³-hybridized carbons (Fsp3) is 0.182. The monoisotopic (exact) mass is 233 g/mol. The Balaban J connectivity index is 3.04. The molecule has 0 N–H and O–H groups in total. The molecule has 0 spiro atoms. The highest BCUT2D eigenvalue weighted by atomic mass is 19.4. The Morgan fingerprint density at radius 3 is 2.50 bits per heavy atom. The maximum absolute atomic E-state index is 13.0. The molecule has 1 radical (unpaired) electrons. The number of hydrogen-bond acceptors (Lipinski definition) is 1. The second kappa shape index (κ2) is 4.55. The summed E-state index contributed by atoms with van der Waals surface area (Å²) in [5, 5.41) is 0. The van der Waals surface area contributed by atoms with E-state index in [2.05, 4.69) is 11.3 Å². The van der Waals surface area contributed by atoms with Crippen LogP contribution in [0.5, 0.6) is 5.75 Å².